The zero-order chi connectivity index (χ0) is 14.9. The summed E-state index contributed by atoms with van der Waals surface area (Å²) >= 11 is 0. The topological polar surface area (TPSA) is 44.5 Å². The van der Waals surface area contributed by atoms with E-state index in [2.05, 4.69) is 13.0 Å². The number of ether oxygens (including phenoxy) is 2. The monoisotopic (exact) mass is 285 g/mol. The summed E-state index contributed by atoms with van der Waals surface area (Å²) in [5.74, 6) is 1.74. The Labute approximate surface area is 126 Å². The fourth-order valence-corrected chi connectivity index (χ4v) is 2.11. The van der Waals surface area contributed by atoms with Gasteiger partial charge in [0.2, 0.25) is 0 Å². The Bertz CT molecular complexity index is 540. The van der Waals surface area contributed by atoms with E-state index in [1.165, 1.54) is 12.0 Å². The van der Waals surface area contributed by atoms with Gasteiger partial charge in [-0.05, 0) is 36.6 Å². The number of hydrogen-bond acceptors (Lipinski definition) is 3. The number of anilines is 1. The number of nitrogen functional groups attached to an aromatic ring is 1. The van der Waals surface area contributed by atoms with Gasteiger partial charge in [0.1, 0.15) is 24.7 Å². The maximum absolute atomic E-state index is 5.84. The lowest BCUT2D eigenvalue weighted by atomic mass is 10.1. The Morgan fingerprint density at radius 3 is 2.48 bits per heavy atom. The molecule has 0 unspecified atom stereocenters. The molecule has 2 aromatic rings. The molecule has 112 valence electrons. The second-order valence-corrected chi connectivity index (χ2v) is 4.98. The van der Waals surface area contributed by atoms with Gasteiger partial charge < -0.3 is 15.2 Å². The summed E-state index contributed by atoms with van der Waals surface area (Å²) in [6, 6.07) is 15.6. The predicted molar refractivity (Wildman–Crippen MR) is 86.9 cm³/mol. The number of para-hydroxylation sites is 1. The first-order chi connectivity index (χ1) is 10.3. The molecule has 2 aromatic carbocycles. The molecule has 3 nitrogen and oxygen atoms in total. The lowest BCUT2D eigenvalue weighted by Crippen LogP contribution is -2.10. The quantitative estimate of drug-likeness (QED) is 0.587. The smallest absolute Gasteiger partial charge is 0.124 e. The lowest BCUT2D eigenvalue weighted by Gasteiger charge is -2.13. The predicted octanol–water partition coefficient (Wildman–Crippen LogP) is 4.07. The zero-order valence-electron chi connectivity index (χ0n) is 12.5. The molecular weight excluding hydrogens is 262 g/mol. The highest BCUT2D eigenvalue weighted by Crippen LogP contribution is 2.23. The molecular formula is C18H23NO2. The van der Waals surface area contributed by atoms with Crippen molar-refractivity contribution >= 4 is 5.69 Å². The first-order valence-electron chi connectivity index (χ1n) is 7.48. The molecule has 2 rings (SSSR count). The molecule has 0 aliphatic carbocycles. The summed E-state index contributed by atoms with van der Waals surface area (Å²) in [5, 5.41) is 0. The molecule has 3 heteroatoms. The molecule has 0 atom stereocenters. The van der Waals surface area contributed by atoms with E-state index in [0.717, 1.165) is 30.0 Å². The molecule has 0 saturated heterocycles. The molecule has 0 aliphatic heterocycles. The van der Waals surface area contributed by atoms with Crippen LogP contribution in [0.4, 0.5) is 5.69 Å². The standard InChI is InChI=1S/C18H23NO2/c1-2-3-7-15-10-11-16(19)14-18(15)21-13-12-20-17-8-5-4-6-9-17/h4-6,8-11,14H,2-3,7,12-13,19H2,1H3. The van der Waals surface area contributed by atoms with E-state index in [-0.39, 0.29) is 0 Å². The Morgan fingerprint density at radius 1 is 0.952 bits per heavy atom. The van der Waals surface area contributed by atoms with Crippen molar-refractivity contribution in [1.82, 2.24) is 0 Å². The number of rotatable bonds is 8. The lowest BCUT2D eigenvalue weighted by molar-refractivity contribution is 0.216. The third-order valence-electron chi connectivity index (χ3n) is 3.24. The van der Waals surface area contributed by atoms with Crippen molar-refractivity contribution in [3.8, 4) is 11.5 Å². The number of benzene rings is 2. The maximum Gasteiger partial charge on any atom is 0.124 e. The van der Waals surface area contributed by atoms with Crippen LogP contribution in [0.1, 0.15) is 25.3 Å². The van der Waals surface area contributed by atoms with Gasteiger partial charge in [0.15, 0.2) is 0 Å². The molecule has 2 N–H and O–H groups in total. The molecule has 0 amide bonds. The fourth-order valence-electron chi connectivity index (χ4n) is 2.11. The van der Waals surface area contributed by atoms with Crippen LogP contribution in [-0.2, 0) is 6.42 Å². The molecule has 21 heavy (non-hydrogen) atoms. The van der Waals surface area contributed by atoms with Crippen molar-refractivity contribution < 1.29 is 9.47 Å². The minimum Gasteiger partial charge on any atom is -0.490 e. The molecule has 0 bridgehead atoms. The van der Waals surface area contributed by atoms with Crippen LogP contribution < -0.4 is 15.2 Å². The van der Waals surface area contributed by atoms with E-state index >= 15 is 0 Å². The summed E-state index contributed by atoms with van der Waals surface area (Å²) in [6.07, 6.45) is 3.34. The molecule has 0 saturated carbocycles. The van der Waals surface area contributed by atoms with E-state index in [1.54, 1.807) is 0 Å². The Hall–Kier alpha value is -2.16. The molecule has 0 fully saturated rings. The number of hydrogen-bond donors (Lipinski definition) is 1. The van der Waals surface area contributed by atoms with Crippen LogP contribution in [0.25, 0.3) is 0 Å². The summed E-state index contributed by atoms with van der Waals surface area (Å²) in [7, 11) is 0. The van der Waals surface area contributed by atoms with E-state index in [4.69, 9.17) is 15.2 Å². The third-order valence-corrected chi connectivity index (χ3v) is 3.24. The van der Waals surface area contributed by atoms with Crippen LogP contribution in [0.3, 0.4) is 0 Å². The van der Waals surface area contributed by atoms with Crippen molar-refractivity contribution in [1.29, 1.82) is 0 Å². The van der Waals surface area contributed by atoms with Crippen molar-refractivity contribution in [2.75, 3.05) is 18.9 Å². The summed E-state index contributed by atoms with van der Waals surface area (Å²) < 4.78 is 11.5. The fraction of sp³-hybridized carbons (Fsp3) is 0.333. The highest BCUT2D eigenvalue weighted by molar-refractivity contribution is 5.48. The van der Waals surface area contributed by atoms with Gasteiger partial charge in [-0.15, -0.1) is 0 Å². The summed E-state index contributed by atoms with van der Waals surface area (Å²) in [4.78, 5) is 0. The van der Waals surface area contributed by atoms with Crippen LogP contribution in [0.2, 0.25) is 0 Å². The van der Waals surface area contributed by atoms with Crippen LogP contribution in [0.5, 0.6) is 11.5 Å². The Kier molecular flexibility index (Phi) is 5.95. The first kappa shape index (κ1) is 15.2. The molecule has 0 aromatic heterocycles. The van der Waals surface area contributed by atoms with Gasteiger partial charge in [-0.3, -0.25) is 0 Å². The second-order valence-electron chi connectivity index (χ2n) is 4.98. The maximum atomic E-state index is 5.84. The molecule has 0 heterocycles. The van der Waals surface area contributed by atoms with Crippen molar-refractivity contribution in [2.24, 2.45) is 0 Å². The van der Waals surface area contributed by atoms with Gasteiger partial charge in [-0.25, -0.2) is 0 Å². The van der Waals surface area contributed by atoms with Gasteiger partial charge >= 0.3 is 0 Å². The largest absolute Gasteiger partial charge is 0.490 e. The zero-order valence-corrected chi connectivity index (χ0v) is 12.5. The molecule has 0 spiro atoms. The minimum atomic E-state index is 0.511. The Balaban J connectivity index is 1.85. The highest BCUT2D eigenvalue weighted by atomic mass is 16.5. The van der Waals surface area contributed by atoms with Crippen molar-refractivity contribution in [3.63, 3.8) is 0 Å². The van der Waals surface area contributed by atoms with Crippen LogP contribution >= 0.6 is 0 Å². The van der Waals surface area contributed by atoms with Crippen LogP contribution in [-0.4, -0.2) is 13.2 Å². The van der Waals surface area contributed by atoms with E-state index in [1.807, 2.05) is 42.5 Å². The van der Waals surface area contributed by atoms with Crippen molar-refractivity contribution in [2.45, 2.75) is 26.2 Å². The average molecular weight is 285 g/mol. The van der Waals surface area contributed by atoms with E-state index < -0.39 is 0 Å². The second kappa shape index (κ2) is 8.20. The van der Waals surface area contributed by atoms with E-state index in [0.29, 0.717) is 13.2 Å². The third kappa shape index (κ3) is 5.03. The molecule has 0 radical (unpaired) electrons. The normalized spacial score (nSPS) is 10.3. The number of unbranched alkanes of at least 4 members (excludes halogenated alkanes) is 1. The summed E-state index contributed by atoms with van der Waals surface area (Å²) in [6.45, 7) is 3.22. The SMILES string of the molecule is CCCCc1ccc(N)cc1OCCOc1ccccc1. The van der Waals surface area contributed by atoms with Gasteiger partial charge in [0.25, 0.3) is 0 Å². The first-order valence-corrected chi connectivity index (χ1v) is 7.48. The van der Waals surface area contributed by atoms with Gasteiger partial charge in [0.05, 0.1) is 0 Å². The van der Waals surface area contributed by atoms with Gasteiger partial charge in [-0.2, -0.15) is 0 Å². The minimum absolute atomic E-state index is 0.511. The Morgan fingerprint density at radius 2 is 1.71 bits per heavy atom. The van der Waals surface area contributed by atoms with Crippen molar-refractivity contribution in [3.05, 3.63) is 54.1 Å². The van der Waals surface area contributed by atoms with Crippen LogP contribution in [0, 0.1) is 0 Å². The van der Waals surface area contributed by atoms with Crippen LogP contribution in [0.15, 0.2) is 48.5 Å². The van der Waals surface area contributed by atoms with E-state index in [9.17, 15) is 0 Å². The average Bonchev–Trinajstić information content (AvgIpc) is 2.52. The summed E-state index contributed by atoms with van der Waals surface area (Å²) in [5.41, 5.74) is 7.78. The number of nitrogens with two attached hydrogens (primary N) is 1. The molecule has 0 aliphatic rings. The van der Waals surface area contributed by atoms with Gasteiger partial charge in [-0.1, -0.05) is 37.6 Å². The number of aryl methyl sites for hydroxylation is 1. The van der Waals surface area contributed by atoms with Gasteiger partial charge in [0, 0.05) is 11.8 Å². The highest BCUT2D eigenvalue weighted by Gasteiger charge is 2.04.